The summed E-state index contributed by atoms with van der Waals surface area (Å²) in [5.74, 6) is 1.13. The molecular weight excluding hydrogens is 268 g/mol. The quantitative estimate of drug-likeness (QED) is 0.808. The number of nitrogen functional groups attached to an aromatic ring is 1. The molecule has 8 heteroatoms. The number of aromatic nitrogens is 3. The Morgan fingerprint density at radius 2 is 1.95 bits per heavy atom. The zero-order valence-electron chi connectivity index (χ0n) is 10.8. The van der Waals surface area contributed by atoms with E-state index in [2.05, 4.69) is 10.2 Å². The number of hydrogen-bond donors (Lipinski definition) is 2. The standard InChI is InChI=1S/C11H14N4O3S/c1-15-10(16)13-14-11(15)19-9-5-8(18-3)7(17-2)4-6(9)12/h4-5H,12H2,1-3H3,(H,13,16). The van der Waals surface area contributed by atoms with Gasteiger partial charge >= 0.3 is 5.69 Å². The number of aromatic amines is 1. The molecule has 19 heavy (non-hydrogen) atoms. The van der Waals surface area contributed by atoms with Crippen LogP contribution >= 0.6 is 11.8 Å². The van der Waals surface area contributed by atoms with E-state index in [1.54, 1.807) is 33.4 Å². The van der Waals surface area contributed by atoms with Crippen molar-refractivity contribution in [1.29, 1.82) is 0 Å². The van der Waals surface area contributed by atoms with Crippen molar-refractivity contribution in [2.45, 2.75) is 10.1 Å². The second-order valence-electron chi connectivity index (χ2n) is 3.72. The molecule has 0 spiro atoms. The molecule has 0 atom stereocenters. The van der Waals surface area contributed by atoms with Crippen LogP contribution in [0.3, 0.4) is 0 Å². The maximum absolute atomic E-state index is 11.3. The number of hydrogen-bond acceptors (Lipinski definition) is 6. The summed E-state index contributed by atoms with van der Waals surface area (Å²) in [7, 11) is 4.72. The number of nitrogens with zero attached hydrogens (tertiary/aromatic N) is 2. The number of benzene rings is 1. The van der Waals surface area contributed by atoms with E-state index in [0.29, 0.717) is 22.3 Å². The second kappa shape index (κ2) is 5.27. The van der Waals surface area contributed by atoms with Crippen LogP contribution in [0.15, 0.2) is 27.0 Å². The maximum Gasteiger partial charge on any atom is 0.343 e. The summed E-state index contributed by atoms with van der Waals surface area (Å²) in [5, 5.41) is 6.80. The predicted molar refractivity (Wildman–Crippen MR) is 71.9 cm³/mol. The Kier molecular flexibility index (Phi) is 3.70. The van der Waals surface area contributed by atoms with Gasteiger partial charge in [0.15, 0.2) is 16.7 Å². The van der Waals surface area contributed by atoms with Crippen molar-refractivity contribution in [3.8, 4) is 11.5 Å². The zero-order valence-corrected chi connectivity index (χ0v) is 11.6. The molecule has 0 aliphatic heterocycles. The Morgan fingerprint density at radius 3 is 2.47 bits per heavy atom. The van der Waals surface area contributed by atoms with Crippen molar-refractivity contribution in [2.75, 3.05) is 20.0 Å². The van der Waals surface area contributed by atoms with Gasteiger partial charge in [0.2, 0.25) is 0 Å². The summed E-state index contributed by atoms with van der Waals surface area (Å²) in [5.41, 5.74) is 6.19. The van der Waals surface area contributed by atoms with Gasteiger partial charge in [-0.25, -0.2) is 9.89 Å². The van der Waals surface area contributed by atoms with Gasteiger partial charge in [-0.2, -0.15) is 0 Å². The molecule has 1 aromatic heterocycles. The fourth-order valence-corrected chi connectivity index (χ4v) is 2.34. The SMILES string of the molecule is COc1cc(N)c(Sc2n[nH]c(=O)n2C)cc1OC. The van der Waals surface area contributed by atoms with Gasteiger partial charge in [-0.05, 0) is 11.8 Å². The smallest absolute Gasteiger partial charge is 0.343 e. The number of anilines is 1. The van der Waals surface area contributed by atoms with Crippen LogP contribution < -0.4 is 20.9 Å². The normalized spacial score (nSPS) is 10.5. The van der Waals surface area contributed by atoms with E-state index in [9.17, 15) is 4.79 Å². The number of nitrogens with two attached hydrogens (primary N) is 1. The van der Waals surface area contributed by atoms with Crippen LogP contribution in [0.2, 0.25) is 0 Å². The van der Waals surface area contributed by atoms with Gasteiger partial charge in [-0.1, -0.05) is 0 Å². The molecular formula is C11H14N4O3S. The molecule has 2 aromatic rings. The Hall–Kier alpha value is -2.09. The van der Waals surface area contributed by atoms with E-state index in [1.165, 1.54) is 16.3 Å². The first kappa shape index (κ1) is 13.3. The van der Waals surface area contributed by atoms with Crippen molar-refractivity contribution in [3.63, 3.8) is 0 Å². The molecule has 1 heterocycles. The lowest BCUT2D eigenvalue weighted by Crippen LogP contribution is -2.12. The molecule has 0 unspecified atom stereocenters. The number of H-pyrrole nitrogens is 1. The second-order valence-corrected chi connectivity index (χ2v) is 4.73. The molecule has 0 aliphatic carbocycles. The number of methoxy groups -OCH3 is 2. The Bertz CT molecular complexity index is 650. The van der Waals surface area contributed by atoms with Gasteiger partial charge in [-0.15, -0.1) is 5.10 Å². The van der Waals surface area contributed by atoms with Crippen LogP contribution in [-0.4, -0.2) is 29.0 Å². The van der Waals surface area contributed by atoms with Crippen molar-refractivity contribution >= 4 is 17.4 Å². The molecule has 2 rings (SSSR count). The molecule has 0 radical (unpaired) electrons. The molecule has 0 amide bonds. The lowest BCUT2D eigenvalue weighted by Gasteiger charge is -2.11. The van der Waals surface area contributed by atoms with Crippen molar-refractivity contribution in [2.24, 2.45) is 7.05 Å². The van der Waals surface area contributed by atoms with Gasteiger partial charge in [0.1, 0.15) is 0 Å². The minimum atomic E-state index is -0.276. The zero-order chi connectivity index (χ0) is 14.0. The summed E-state index contributed by atoms with van der Waals surface area (Å²) in [6.45, 7) is 0. The summed E-state index contributed by atoms with van der Waals surface area (Å²) in [6.07, 6.45) is 0. The predicted octanol–water partition coefficient (Wildman–Crippen LogP) is 0.859. The van der Waals surface area contributed by atoms with Crippen molar-refractivity contribution < 1.29 is 9.47 Å². The first-order valence-corrected chi connectivity index (χ1v) is 6.19. The van der Waals surface area contributed by atoms with Crippen LogP contribution in [0.1, 0.15) is 0 Å². The highest BCUT2D eigenvalue weighted by atomic mass is 32.2. The largest absolute Gasteiger partial charge is 0.493 e. The van der Waals surface area contributed by atoms with E-state index in [4.69, 9.17) is 15.2 Å². The summed E-state index contributed by atoms with van der Waals surface area (Å²) < 4.78 is 11.8. The molecule has 7 nitrogen and oxygen atoms in total. The Balaban J connectivity index is 2.40. The third-order valence-corrected chi connectivity index (χ3v) is 3.68. The fourth-order valence-electron chi connectivity index (χ4n) is 1.49. The van der Waals surface area contributed by atoms with Gasteiger partial charge < -0.3 is 15.2 Å². The molecule has 0 saturated carbocycles. The van der Waals surface area contributed by atoms with Crippen molar-refractivity contribution in [3.05, 3.63) is 22.6 Å². The summed E-state index contributed by atoms with van der Waals surface area (Å²) in [6, 6.07) is 3.42. The first-order chi connectivity index (χ1) is 9.06. The topological polar surface area (TPSA) is 95.2 Å². The first-order valence-electron chi connectivity index (χ1n) is 5.37. The molecule has 0 aliphatic rings. The molecule has 0 bridgehead atoms. The number of rotatable bonds is 4. The van der Waals surface area contributed by atoms with Gasteiger partial charge in [0.05, 0.1) is 14.2 Å². The minimum Gasteiger partial charge on any atom is -0.493 e. The monoisotopic (exact) mass is 282 g/mol. The van der Waals surface area contributed by atoms with Crippen LogP contribution in [0.25, 0.3) is 0 Å². The summed E-state index contributed by atoms with van der Waals surface area (Å²) in [4.78, 5) is 12.0. The third kappa shape index (κ3) is 2.53. The van der Waals surface area contributed by atoms with Gasteiger partial charge in [0.25, 0.3) is 0 Å². The molecule has 1 aromatic carbocycles. The highest BCUT2D eigenvalue weighted by Gasteiger charge is 2.13. The van der Waals surface area contributed by atoms with E-state index >= 15 is 0 Å². The number of ether oxygens (including phenoxy) is 2. The number of nitrogens with one attached hydrogen (secondary N) is 1. The average molecular weight is 282 g/mol. The lowest BCUT2D eigenvalue weighted by atomic mass is 10.3. The maximum atomic E-state index is 11.3. The van der Waals surface area contributed by atoms with E-state index < -0.39 is 0 Å². The van der Waals surface area contributed by atoms with Crippen LogP contribution in [0.4, 0.5) is 5.69 Å². The molecule has 0 fully saturated rings. The molecule has 3 N–H and O–H groups in total. The molecule has 0 saturated heterocycles. The average Bonchev–Trinajstić information content (AvgIpc) is 2.72. The third-order valence-electron chi connectivity index (χ3n) is 2.56. The van der Waals surface area contributed by atoms with Crippen LogP contribution in [0, 0.1) is 0 Å². The van der Waals surface area contributed by atoms with Crippen LogP contribution in [0.5, 0.6) is 11.5 Å². The van der Waals surface area contributed by atoms with Gasteiger partial charge in [0, 0.05) is 29.8 Å². The van der Waals surface area contributed by atoms with E-state index in [0.717, 1.165) is 4.90 Å². The van der Waals surface area contributed by atoms with Crippen LogP contribution in [-0.2, 0) is 7.05 Å². The fraction of sp³-hybridized carbons (Fsp3) is 0.273. The summed E-state index contributed by atoms with van der Waals surface area (Å²) >= 11 is 1.27. The van der Waals surface area contributed by atoms with E-state index in [1.807, 2.05) is 0 Å². The minimum absolute atomic E-state index is 0.276. The Labute approximate surface area is 113 Å². The highest BCUT2D eigenvalue weighted by molar-refractivity contribution is 7.99. The van der Waals surface area contributed by atoms with Crippen molar-refractivity contribution in [1.82, 2.24) is 14.8 Å². The highest BCUT2D eigenvalue weighted by Crippen LogP contribution is 2.38. The lowest BCUT2D eigenvalue weighted by molar-refractivity contribution is 0.354. The van der Waals surface area contributed by atoms with Gasteiger partial charge in [-0.3, -0.25) is 4.57 Å². The van der Waals surface area contributed by atoms with E-state index in [-0.39, 0.29) is 5.69 Å². The Morgan fingerprint density at radius 1 is 1.32 bits per heavy atom. The molecule has 102 valence electrons.